The highest BCUT2D eigenvalue weighted by atomic mass is 19.1. The number of likely N-dealkylation sites (tertiary alicyclic amines) is 1. The van der Waals surface area contributed by atoms with Crippen LogP contribution < -0.4 is 15.4 Å². The first-order valence-corrected chi connectivity index (χ1v) is 9.89. The number of halogens is 2. The minimum atomic E-state index is -0.620. The Bertz CT molecular complexity index is 928. The molecule has 8 nitrogen and oxygen atoms in total. The maximum atomic E-state index is 14.3. The van der Waals surface area contributed by atoms with Crippen molar-refractivity contribution in [2.45, 2.75) is 18.9 Å². The van der Waals surface area contributed by atoms with Crippen LogP contribution in [-0.4, -0.2) is 60.2 Å². The van der Waals surface area contributed by atoms with Gasteiger partial charge in [-0.15, -0.1) is 0 Å². The van der Waals surface area contributed by atoms with Gasteiger partial charge in [0.1, 0.15) is 6.61 Å². The summed E-state index contributed by atoms with van der Waals surface area (Å²) in [6.45, 7) is 5.14. The van der Waals surface area contributed by atoms with Crippen LogP contribution >= 0.6 is 0 Å². The van der Waals surface area contributed by atoms with Gasteiger partial charge in [-0.2, -0.15) is 4.98 Å². The van der Waals surface area contributed by atoms with Crippen molar-refractivity contribution in [1.29, 1.82) is 0 Å². The number of aromatic nitrogens is 2. The second-order valence-electron chi connectivity index (χ2n) is 6.97. The van der Waals surface area contributed by atoms with Crippen LogP contribution in [-0.2, 0) is 9.53 Å². The van der Waals surface area contributed by atoms with E-state index in [1.807, 2.05) is 0 Å². The molecule has 1 aliphatic rings. The average Bonchev–Trinajstić information content (AvgIpc) is 2.77. The molecule has 1 atom stereocenters. The third-order valence-corrected chi connectivity index (χ3v) is 4.73. The van der Waals surface area contributed by atoms with Crippen LogP contribution in [0.5, 0.6) is 5.75 Å². The van der Waals surface area contributed by atoms with Crippen LogP contribution in [0, 0.1) is 11.6 Å². The van der Waals surface area contributed by atoms with Gasteiger partial charge >= 0.3 is 0 Å². The predicted octanol–water partition coefficient (Wildman–Crippen LogP) is 3.11. The second kappa shape index (κ2) is 10.7. The molecule has 1 aromatic carbocycles. The molecule has 166 valence electrons. The number of benzene rings is 1. The fourth-order valence-corrected chi connectivity index (χ4v) is 3.21. The molecule has 0 spiro atoms. The van der Waals surface area contributed by atoms with Gasteiger partial charge in [-0.3, -0.25) is 4.79 Å². The Morgan fingerprint density at radius 2 is 2.19 bits per heavy atom. The number of carbonyl (C=O) groups is 1. The summed E-state index contributed by atoms with van der Waals surface area (Å²) in [7, 11) is 1.53. The van der Waals surface area contributed by atoms with Crippen LogP contribution in [0.2, 0.25) is 0 Å². The highest BCUT2D eigenvalue weighted by Crippen LogP contribution is 2.24. The zero-order valence-electron chi connectivity index (χ0n) is 17.2. The van der Waals surface area contributed by atoms with Gasteiger partial charge in [0.25, 0.3) is 0 Å². The SMILES string of the molecule is C=CC(=O)N1CCCC(Nc2nc(Nc3ccc(OCCOC)c(F)c3)ncc2F)C1. The molecule has 1 aromatic heterocycles. The van der Waals surface area contributed by atoms with Crippen LogP contribution in [0.25, 0.3) is 0 Å². The standard InChI is InChI=1S/C21H25F2N5O3/c1-3-19(29)28-8-4-5-15(13-28)25-20-17(23)12-24-21(27-20)26-14-6-7-18(16(22)11-14)31-10-9-30-2/h3,6-7,11-12,15H,1,4-5,8-10,13H2,2H3,(H2,24,25,26,27). The molecule has 2 aromatic rings. The van der Waals surface area contributed by atoms with Crippen LogP contribution in [0.3, 0.4) is 0 Å². The van der Waals surface area contributed by atoms with E-state index in [-0.39, 0.29) is 36.1 Å². The zero-order valence-corrected chi connectivity index (χ0v) is 17.2. The van der Waals surface area contributed by atoms with Gasteiger partial charge in [0.15, 0.2) is 23.2 Å². The zero-order chi connectivity index (χ0) is 22.2. The third kappa shape index (κ3) is 6.11. The first-order chi connectivity index (χ1) is 15.0. The summed E-state index contributed by atoms with van der Waals surface area (Å²) in [5.74, 6) is -1.13. The lowest BCUT2D eigenvalue weighted by Gasteiger charge is -2.32. The maximum absolute atomic E-state index is 14.3. The Morgan fingerprint density at radius 3 is 2.94 bits per heavy atom. The molecule has 0 saturated carbocycles. The molecule has 1 amide bonds. The van der Waals surface area contributed by atoms with Crippen molar-refractivity contribution >= 4 is 23.4 Å². The summed E-state index contributed by atoms with van der Waals surface area (Å²) in [5, 5.41) is 5.89. The molecule has 0 bridgehead atoms. The van der Waals surface area contributed by atoms with E-state index >= 15 is 0 Å². The van der Waals surface area contributed by atoms with Gasteiger partial charge in [-0.25, -0.2) is 13.8 Å². The van der Waals surface area contributed by atoms with E-state index in [4.69, 9.17) is 9.47 Å². The molecule has 1 unspecified atom stereocenters. The molecule has 31 heavy (non-hydrogen) atoms. The molecule has 0 aliphatic carbocycles. The maximum Gasteiger partial charge on any atom is 0.246 e. The van der Waals surface area contributed by atoms with Crippen molar-refractivity contribution < 1.29 is 23.0 Å². The number of piperidine rings is 1. The first kappa shape index (κ1) is 22.4. The third-order valence-electron chi connectivity index (χ3n) is 4.73. The molecule has 1 saturated heterocycles. The predicted molar refractivity (Wildman–Crippen MR) is 112 cm³/mol. The summed E-state index contributed by atoms with van der Waals surface area (Å²) >= 11 is 0. The highest BCUT2D eigenvalue weighted by Gasteiger charge is 2.23. The van der Waals surface area contributed by atoms with Gasteiger partial charge < -0.3 is 25.0 Å². The number of amides is 1. The minimum Gasteiger partial charge on any atom is -0.488 e. The number of ether oxygens (including phenoxy) is 2. The van der Waals surface area contributed by atoms with E-state index in [1.54, 1.807) is 11.0 Å². The summed E-state index contributed by atoms with van der Waals surface area (Å²) in [6.07, 6.45) is 3.85. The number of hydrogen-bond donors (Lipinski definition) is 2. The lowest BCUT2D eigenvalue weighted by atomic mass is 10.1. The average molecular weight is 433 g/mol. The lowest BCUT2D eigenvalue weighted by Crippen LogP contribution is -2.44. The van der Waals surface area contributed by atoms with Gasteiger partial charge in [0.2, 0.25) is 11.9 Å². The summed E-state index contributed by atoms with van der Waals surface area (Å²) in [5.41, 5.74) is 0.384. The van der Waals surface area contributed by atoms with E-state index in [2.05, 4.69) is 27.2 Å². The number of carbonyl (C=O) groups excluding carboxylic acids is 1. The van der Waals surface area contributed by atoms with Crippen molar-refractivity contribution in [1.82, 2.24) is 14.9 Å². The number of methoxy groups -OCH3 is 1. The second-order valence-corrected chi connectivity index (χ2v) is 6.97. The summed E-state index contributed by atoms with van der Waals surface area (Å²) in [6, 6.07) is 4.16. The van der Waals surface area contributed by atoms with Crippen LogP contribution in [0.4, 0.5) is 26.2 Å². The molecule has 10 heteroatoms. The molecule has 1 aliphatic heterocycles. The van der Waals surface area contributed by atoms with Crippen molar-refractivity contribution in [3.63, 3.8) is 0 Å². The van der Waals surface area contributed by atoms with Crippen LogP contribution in [0.15, 0.2) is 37.1 Å². The number of nitrogens with zero attached hydrogens (tertiary/aromatic N) is 3. The number of nitrogens with one attached hydrogen (secondary N) is 2. The number of hydrogen-bond acceptors (Lipinski definition) is 7. The van der Waals surface area contributed by atoms with E-state index < -0.39 is 11.6 Å². The Labute approximate surface area is 179 Å². The first-order valence-electron chi connectivity index (χ1n) is 9.89. The summed E-state index contributed by atoms with van der Waals surface area (Å²) in [4.78, 5) is 21.6. The van der Waals surface area contributed by atoms with E-state index in [9.17, 15) is 13.6 Å². The van der Waals surface area contributed by atoms with Crippen molar-refractivity contribution in [2.75, 3.05) is 44.0 Å². The number of rotatable bonds is 9. The van der Waals surface area contributed by atoms with Crippen molar-refractivity contribution in [3.05, 3.63) is 48.7 Å². The van der Waals surface area contributed by atoms with Crippen molar-refractivity contribution in [2.24, 2.45) is 0 Å². The van der Waals surface area contributed by atoms with Crippen molar-refractivity contribution in [3.8, 4) is 5.75 Å². The molecule has 2 heterocycles. The smallest absolute Gasteiger partial charge is 0.246 e. The Morgan fingerprint density at radius 1 is 1.35 bits per heavy atom. The fourth-order valence-electron chi connectivity index (χ4n) is 3.21. The topological polar surface area (TPSA) is 88.6 Å². The molecule has 0 radical (unpaired) electrons. The normalized spacial score (nSPS) is 16.0. The van der Waals surface area contributed by atoms with Gasteiger partial charge in [-0.05, 0) is 31.1 Å². The quantitative estimate of drug-likeness (QED) is 0.464. The highest BCUT2D eigenvalue weighted by molar-refractivity contribution is 5.87. The monoisotopic (exact) mass is 433 g/mol. The van der Waals surface area contributed by atoms with Gasteiger partial charge in [-0.1, -0.05) is 6.58 Å². The van der Waals surface area contributed by atoms with E-state index in [0.29, 0.717) is 25.4 Å². The molecule has 1 fully saturated rings. The molecule has 2 N–H and O–H groups in total. The lowest BCUT2D eigenvalue weighted by molar-refractivity contribution is -0.127. The Kier molecular flexibility index (Phi) is 7.71. The number of anilines is 3. The summed E-state index contributed by atoms with van der Waals surface area (Å²) < 4.78 is 38.6. The van der Waals surface area contributed by atoms with Gasteiger partial charge in [0, 0.05) is 38.0 Å². The molecular weight excluding hydrogens is 408 g/mol. The molecule has 3 rings (SSSR count). The Balaban J connectivity index is 1.66. The minimum absolute atomic E-state index is 0.00962. The van der Waals surface area contributed by atoms with Crippen LogP contribution in [0.1, 0.15) is 12.8 Å². The van der Waals surface area contributed by atoms with Gasteiger partial charge in [0.05, 0.1) is 12.8 Å². The largest absolute Gasteiger partial charge is 0.488 e. The Hall–Kier alpha value is -3.27. The fraction of sp³-hybridized carbons (Fsp3) is 0.381. The van der Waals surface area contributed by atoms with E-state index in [1.165, 1.54) is 25.3 Å². The van der Waals surface area contributed by atoms with E-state index in [0.717, 1.165) is 19.0 Å². The molecular formula is C21H25F2N5O3.